The standard InChI is InChI=1S/C43H36N10O12S4/c1-26-36(19-44)40(47-31-8-12-34(13-9-31)68(58,59)62-2)49-41(48-32-10-14-35(15-11-32)69(60,61)63-3)39(26)51-52-42-37(20-45)38(30-6-4-27(5-7-30)23-67(46,56)57)43(66-42)53-50-33-17-28(21-64-24-54)16-29(18-33)22-65-25-55/h4-18,24-25H,21-23H2,1-3H3,(H2,46,56,57)(H2,47,48,49). The molecule has 1 atom stereocenters. The maximum Gasteiger partial charge on any atom is 0.296 e. The molecule has 4 aromatic carbocycles. The fourth-order valence-electron chi connectivity index (χ4n) is 6.35. The van der Waals surface area contributed by atoms with Crippen LogP contribution in [0.1, 0.15) is 33.4 Å². The lowest BCUT2D eigenvalue weighted by Gasteiger charge is -2.16. The molecule has 0 aliphatic heterocycles. The third kappa shape index (κ3) is 12.6. The van der Waals surface area contributed by atoms with Crippen LogP contribution in [0.5, 0.6) is 0 Å². The number of carbonyl (C=O) groups excluding carboxylic acids is 2. The van der Waals surface area contributed by atoms with Crippen LogP contribution in [0, 0.1) is 34.4 Å². The van der Waals surface area contributed by atoms with Gasteiger partial charge in [0, 0.05) is 22.5 Å². The van der Waals surface area contributed by atoms with Gasteiger partial charge in [-0.1, -0.05) is 35.6 Å². The van der Waals surface area contributed by atoms with Crippen molar-refractivity contribution in [3.05, 3.63) is 124 Å². The van der Waals surface area contributed by atoms with Crippen molar-refractivity contribution < 1.29 is 53.0 Å². The quantitative estimate of drug-likeness (QED) is 0.0296. The number of nitrogens with one attached hydrogen (secondary N) is 3. The molecule has 354 valence electrons. The maximum atomic E-state index is 12.4. The highest BCUT2D eigenvalue weighted by Gasteiger charge is 2.24. The van der Waals surface area contributed by atoms with Crippen LogP contribution in [0.4, 0.5) is 44.4 Å². The molecule has 0 saturated carbocycles. The molecule has 2 aromatic heterocycles. The molecule has 69 heavy (non-hydrogen) atoms. The summed E-state index contributed by atoms with van der Waals surface area (Å²) in [5, 5.41) is 45.2. The molecule has 0 amide bonds. The Morgan fingerprint density at radius 3 is 1.68 bits per heavy atom. The first-order chi connectivity index (χ1) is 32.9. The van der Waals surface area contributed by atoms with Gasteiger partial charge >= 0.3 is 0 Å². The second-order valence-corrected chi connectivity index (χ2v) is 20.1. The van der Waals surface area contributed by atoms with Gasteiger partial charge in [-0.15, -0.1) is 20.5 Å². The van der Waals surface area contributed by atoms with Crippen molar-refractivity contribution >= 4 is 98.9 Å². The van der Waals surface area contributed by atoms with E-state index in [1.807, 2.05) is 0 Å². The van der Waals surface area contributed by atoms with Gasteiger partial charge in [0.05, 0.1) is 41.0 Å². The summed E-state index contributed by atoms with van der Waals surface area (Å²) in [6, 6.07) is 26.0. The number of carbonyl (C=O) groups is 2. The Morgan fingerprint density at radius 2 is 1.20 bits per heavy atom. The van der Waals surface area contributed by atoms with Crippen LogP contribution in [0.25, 0.3) is 11.1 Å². The van der Waals surface area contributed by atoms with Gasteiger partial charge in [0.15, 0.2) is 26.6 Å². The number of anilines is 4. The summed E-state index contributed by atoms with van der Waals surface area (Å²) in [5.41, 5.74) is 3.05. The number of nitriles is 2. The minimum atomic E-state index is -4.05. The van der Waals surface area contributed by atoms with Gasteiger partial charge in [0.1, 0.15) is 41.6 Å². The van der Waals surface area contributed by atoms with Crippen molar-refractivity contribution in [1.82, 2.24) is 4.98 Å². The van der Waals surface area contributed by atoms with E-state index in [2.05, 4.69) is 56.6 Å². The molecule has 4 N–H and O–H groups in total. The summed E-state index contributed by atoms with van der Waals surface area (Å²) in [6.07, 6.45) is 0. The van der Waals surface area contributed by atoms with E-state index in [0.29, 0.717) is 33.6 Å². The topological polar surface area (TPSA) is 334 Å². The van der Waals surface area contributed by atoms with Gasteiger partial charge in [-0.05, 0) is 95.9 Å². The lowest BCUT2D eigenvalue weighted by Crippen LogP contribution is -2.05. The predicted molar refractivity (Wildman–Crippen MR) is 250 cm³/mol. The highest BCUT2D eigenvalue weighted by molar-refractivity contribution is 7.87. The largest absolute Gasteiger partial charge is 0.463 e. The number of aromatic nitrogens is 1. The van der Waals surface area contributed by atoms with Crippen LogP contribution in [0.15, 0.2) is 121 Å². The van der Waals surface area contributed by atoms with Gasteiger partial charge in [-0.2, -0.15) is 27.4 Å². The van der Waals surface area contributed by atoms with Crippen LogP contribution in [-0.4, -0.2) is 57.7 Å². The van der Waals surface area contributed by atoms with E-state index in [0.717, 1.165) is 25.6 Å². The normalized spacial score (nSPS) is 12.5. The molecule has 6 rings (SSSR count). The average molecular weight is 1010 g/mol. The second kappa shape index (κ2) is 21.9. The van der Waals surface area contributed by atoms with Crippen molar-refractivity contribution in [2.45, 2.75) is 35.7 Å². The molecule has 0 saturated heterocycles. The van der Waals surface area contributed by atoms with E-state index in [4.69, 9.17) is 14.3 Å². The fourth-order valence-corrected chi connectivity index (χ4v) is 9.23. The smallest absolute Gasteiger partial charge is 0.296 e. The van der Waals surface area contributed by atoms with Crippen LogP contribution < -0.4 is 10.6 Å². The van der Waals surface area contributed by atoms with E-state index in [-0.39, 0.29) is 91.2 Å². The van der Waals surface area contributed by atoms with Crippen LogP contribution in [0.2, 0.25) is 0 Å². The molecule has 0 aliphatic rings. The Hall–Kier alpha value is -7.82. The first-order valence-corrected chi connectivity index (χ1v) is 24.8. The van der Waals surface area contributed by atoms with Crippen molar-refractivity contribution in [2.75, 3.05) is 24.9 Å². The van der Waals surface area contributed by atoms with Crippen molar-refractivity contribution in [3.8, 4) is 23.3 Å². The Bertz CT molecular complexity index is 3380. The summed E-state index contributed by atoms with van der Waals surface area (Å²) < 4.78 is 97.2. The number of ether oxygens (including phenoxy) is 2. The average Bonchev–Trinajstić information content (AvgIpc) is 3.69. The summed E-state index contributed by atoms with van der Waals surface area (Å²) in [7, 11) is -9.90. The van der Waals surface area contributed by atoms with Gasteiger partial charge in [0.2, 0.25) is 0 Å². The zero-order valence-corrected chi connectivity index (χ0v) is 39.4. The number of hydrogen-bond donors (Lipinski definition) is 4. The summed E-state index contributed by atoms with van der Waals surface area (Å²) in [5.74, 6) is -0.463. The highest BCUT2D eigenvalue weighted by Crippen LogP contribution is 2.49. The minimum absolute atomic E-state index is 0.000943. The van der Waals surface area contributed by atoms with Crippen molar-refractivity contribution in [2.24, 2.45) is 20.5 Å². The lowest BCUT2D eigenvalue weighted by molar-refractivity contribution is -0.130. The molecule has 1 unspecified atom stereocenters. The SMILES string of the molecule is COS(=O)(=O)c1ccc(Nc2nc(Nc3ccc(S(=O)(=O)OC)cc3)c(N=Nc3sc(N=Nc4cc(COC=O)cc(COC=O)c4)c(-c4ccc(CS(=N)(=O)O)cc4)c3C#N)c(C)c2C#N)cc1. The van der Waals surface area contributed by atoms with Gasteiger partial charge in [-0.3, -0.25) is 18.0 Å². The molecule has 0 aliphatic carbocycles. The van der Waals surface area contributed by atoms with Gasteiger partial charge in [0.25, 0.3) is 33.2 Å². The van der Waals surface area contributed by atoms with Crippen LogP contribution in [-0.2, 0) is 76.6 Å². The van der Waals surface area contributed by atoms with E-state index in [1.165, 1.54) is 60.7 Å². The Kier molecular flexibility index (Phi) is 16.0. The zero-order chi connectivity index (χ0) is 49.9. The lowest BCUT2D eigenvalue weighted by atomic mass is 10.0. The molecule has 6 aromatic rings. The predicted octanol–water partition coefficient (Wildman–Crippen LogP) is 9.22. The summed E-state index contributed by atoms with van der Waals surface area (Å²) in [4.78, 5) is 26.3. The summed E-state index contributed by atoms with van der Waals surface area (Å²) >= 11 is 0.896. The van der Waals surface area contributed by atoms with Crippen molar-refractivity contribution in [1.29, 1.82) is 15.3 Å². The Labute approximate surface area is 399 Å². The highest BCUT2D eigenvalue weighted by atomic mass is 32.2. The summed E-state index contributed by atoms with van der Waals surface area (Å²) in [6.45, 7) is 1.82. The molecule has 0 bridgehead atoms. The first kappa shape index (κ1) is 50.6. The maximum absolute atomic E-state index is 12.4. The Balaban J connectivity index is 1.50. The minimum Gasteiger partial charge on any atom is -0.463 e. The first-order valence-electron chi connectivity index (χ1n) is 19.4. The third-order valence-electron chi connectivity index (χ3n) is 9.54. The number of rotatable bonds is 21. The molecule has 2 heterocycles. The fraction of sp³-hybridized carbons (Fsp3) is 0.140. The molecular weight excluding hydrogens is 977 g/mol. The molecule has 22 nitrogen and oxygen atoms in total. The molecule has 26 heteroatoms. The number of thiophene rings is 1. The molecule has 0 radical (unpaired) electrons. The van der Waals surface area contributed by atoms with E-state index >= 15 is 0 Å². The number of benzene rings is 4. The number of azo groups is 2. The third-order valence-corrected chi connectivity index (χ3v) is 13.8. The van der Waals surface area contributed by atoms with Gasteiger partial charge < -0.3 is 24.7 Å². The van der Waals surface area contributed by atoms with Gasteiger partial charge in [-0.25, -0.2) is 14.0 Å². The number of hydrogen-bond acceptors (Lipinski definition) is 22. The van der Waals surface area contributed by atoms with Crippen LogP contribution >= 0.6 is 11.3 Å². The Morgan fingerprint density at radius 1 is 0.696 bits per heavy atom. The van der Waals surface area contributed by atoms with Crippen molar-refractivity contribution in [3.63, 3.8) is 0 Å². The monoisotopic (exact) mass is 1010 g/mol. The zero-order valence-electron chi connectivity index (χ0n) is 36.1. The second-order valence-electron chi connectivity index (χ2n) is 14.1. The molecular formula is C43H36N10O12S4. The number of pyridine rings is 1. The van der Waals surface area contributed by atoms with E-state index in [9.17, 15) is 45.7 Å². The molecule has 0 fully saturated rings. The van der Waals surface area contributed by atoms with E-state index < -0.39 is 36.0 Å². The molecule has 0 spiro atoms. The number of nitrogens with zero attached hydrogens (tertiary/aromatic N) is 7. The van der Waals surface area contributed by atoms with E-state index in [1.54, 1.807) is 37.3 Å². The van der Waals surface area contributed by atoms with Crippen LogP contribution in [0.3, 0.4) is 0 Å².